The van der Waals surface area contributed by atoms with E-state index in [1.54, 1.807) is 74.0 Å². The van der Waals surface area contributed by atoms with Crippen LogP contribution >= 0.6 is 22.7 Å². The SMILES string of the molecule is COc1cc(C2C(NC(=O)c3ccccc3)(C(=O)O)C(c3ccc(OC(=O)c4cccs4)c(OC)c3)C2(NC(=O)c2ccc(NC(=O)OC(C)(C)C)cc2)C(=O)O)ccc1OC(=O)c1cccs1. The van der Waals surface area contributed by atoms with Crippen molar-refractivity contribution in [2.24, 2.45) is 0 Å². The van der Waals surface area contributed by atoms with Crippen molar-refractivity contribution in [3.8, 4) is 23.0 Å². The predicted octanol–water partition coefficient (Wildman–Crippen LogP) is 8.00. The third-order valence-electron chi connectivity index (χ3n) is 10.9. The monoisotopic (exact) mass is 961 g/mol. The van der Waals surface area contributed by atoms with E-state index >= 15 is 0 Å². The van der Waals surface area contributed by atoms with Gasteiger partial charge in [0.2, 0.25) is 0 Å². The number of hydrogen-bond donors (Lipinski definition) is 5. The second-order valence-corrected chi connectivity index (χ2v) is 18.1. The molecule has 2 unspecified atom stereocenters. The molecule has 1 fully saturated rings. The van der Waals surface area contributed by atoms with Crippen molar-refractivity contribution in [2.45, 2.75) is 49.3 Å². The molecule has 350 valence electrons. The Morgan fingerprint density at radius 2 is 1.00 bits per heavy atom. The van der Waals surface area contributed by atoms with E-state index in [-0.39, 0.29) is 60.7 Å². The van der Waals surface area contributed by atoms with E-state index in [1.165, 1.54) is 87.0 Å². The average Bonchev–Trinajstić information content (AvgIpc) is 4.06. The maximum Gasteiger partial charge on any atom is 0.412 e. The van der Waals surface area contributed by atoms with Gasteiger partial charge < -0.3 is 44.5 Å². The summed E-state index contributed by atoms with van der Waals surface area (Å²) in [5.41, 5.74) is -6.15. The van der Waals surface area contributed by atoms with Crippen LogP contribution in [0.5, 0.6) is 23.0 Å². The highest BCUT2D eigenvalue weighted by Gasteiger charge is 2.80. The fraction of sp³-hybridized carbons (Fsp3) is 0.204. The van der Waals surface area contributed by atoms with Gasteiger partial charge in [0.25, 0.3) is 11.8 Å². The number of nitrogens with one attached hydrogen (secondary N) is 3. The Balaban J connectivity index is 1.41. The maximum atomic E-state index is 14.6. The molecular weight excluding hydrogens is 919 g/mol. The molecular formula is C49H43N3O14S2. The topological polar surface area (TPSA) is 242 Å². The van der Waals surface area contributed by atoms with Gasteiger partial charge in [-0.2, -0.15) is 0 Å². The number of methoxy groups -OCH3 is 2. The zero-order valence-corrected chi connectivity index (χ0v) is 38.5. The highest BCUT2D eigenvalue weighted by Crippen LogP contribution is 2.64. The summed E-state index contributed by atoms with van der Waals surface area (Å²) in [6.07, 6.45) is -0.771. The smallest absolute Gasteiger partial charge is 0.412 e. The first-order valence-electron chi connectivity index (χ1n) is 20.6. The van der Waals surface area contributed by atoms with Gasteiger partial charge in [-0.25, -0.2) is 24.0 Å². The van der Waals surface area contributed by atoms with E-state index in [9.17, 15) is 43.8 Å². The van der Waals surface area contributed by atoms with Gasteiger partial charge in [0.15, 0.2) is 34.1 Å². The lowest BCUT2D eigenvalue weighted by atomic mass is 9.43. The first-order chi connectivity index (χ1) is 32.4. The van der Waals surface area contributed by atoms with E-state index in [2.05, 4.69) is 16.0 Å². The highest BCUT2D eigenvalue weighted by molar-refractivity contribution is 7.12. The summed E-state index contributed by atoms with van der Waals surface area (Å²) in [5.74, 6) is -11.1. The second kappa shape index (κ2) is 19.4. The number of aliphatic carboxylic acids is 2. The van der Waals surface area contributed by atoms with E-state index < -0.39 is 70.3 Å². The number of anilines is 1. The lowest BCUT2D eigenvalue weighted by molar-refractivity contribution is -0.171. The Morgan fingerprint density at radius 1 is 0.559 bits per heavy atom. The average molecular weight is 962 g/mol. The Bertz CT molecular complexity index is 2770. The summed E-state index contributed by atoms with van der Waals surface area (Å²) < 4.78 is 27.8. The molecule has 1 aliphatic carbocycles. The van der Waals surface area contributed by atoms with Crippen LogP contribution in [0.15, 0.2) is 126 Å². The number of amides is 3. The fourth-order valence-electron chi connectivity index (χ4n) is 8.12. The Kier molecular flexibility index (Phi) is 13.7. The molecule has 0 radical (unpaired) electrons. The number of carboxylic acid groups (broad SMARTS) is 2. The van der Waals surface area contributed by atoms with Crippen molar-refractivity contribution in [1.82, 2.24) is 10.6 Å². The Morgan fingerprint density at radius 3 is 1.38 bits per heavy atom. The van der Waals surface area contributed by atoms with Crippen molar-refractivity contribution in [3.63, 3.8) is 0 Å². The summed E-state index contributed by atoms with van der Waals surface area (Å²) in [6.45, 7) is 5.05. The van der Waals surface area contributed by atoms with Gasteiger partial charge in [-0.3, -0.25) is 14.9 Å². The highest BCUT2D eigenvalue weighted by atomic mass is 32.1. The molecule has 0 bridgehead atoms. The van der Waals surface area contributed by atoms with Crippen LogP contribution in [0.1, 0.15) is 83.8 Å². The van der Waals surface area contributed by atoms with Gasteiger partial charge in [-0.1, -0.05) is 42.5 Å². The van der Waals surface area contributed by atoms with E-state index in [0.717, 1.165) is 22.7 Å². The van der Waals surface area contributed by atoms with Crippen LogP contribution in [0.2, 0.25) is 0 Å². The minimum Gasteiger partial charge on any atom is -0.493 e. The molecule has 1 aliphatic rings. The van der Waals surface area contributed by atoms with Crippen molar-refractivity contribution >= 4 is 70.1 Å². The second-order valence-electron chi connectivity index (χ2n) is 16.2. The van der Waals surface area contributed by atoms with Gasteiger partial charge in [-0.05, 0) is 115 Å². The molecule has 3 amide bonds. The molecule has 17 nitrogen and oxygen atoms in total. The third kappa shape index (κ3) is 9.47. The fourth-order valence-corrected chi connectivity index (χ4v) is 9.32. The number of hydrogen-bond acceptors (Lipinski definition) is 14. The van der Waals surface area contributed by atoms with Crippen LogP contribution in [0.4, 0.5) is 10.5 Å². The zero-order chi connectivity index (χ0) is 49.0. The lowest BCUT2D eigenvalue weighted by Gasteiger charge is -2.64. The molecule has 2 atom stereocenters. The number of carbonyl (C=O) groups is 7. The number of carboxylic acids is 2. The van der Waals surface area contributed by atoms with Gasteiger partial charge in [0.05, 0.1) is 26.1 Å². The largest absolute Gasteiger partial charge is 0.493 e. The van der Waals surface area contributed by atoms with Crippen molar-refractivity contribution in [2.75, 3.05) is 19.5 Å². The van der Waals surface area contributed by atoms with Gasteiger partial charge in [0.1, 0.15) is 15.4 Å². The number of thiophene rings is 2. The normalized spacial score (nSPS) is 18.4. The summed E-state index contributed by atoms with van der Waals surface area (Å²) >= 11 is 2.25. The summed E-state index contributed by atoms with van der Waals surface area (Å²) in [4.78, 5) is 96.8. The third-order valence-corrected chi connectivity index (χ3v) is 12.6. The standard InChI is InChI=1S/C49H43N3O14S2/c1-47(2,3)66-46(61)50-31-19-15-28(16-20-31)41(54)52-49(45(59)60)38(29-17-21-32(34(25-29)62-4)64-42(55)36-13-9-23-67-36)48(44(57)58,51-40(53)27-11-7-6-8-12-27)39(49)30-18-22-33(35(26-30)63-5)65-43(56)37-14-10-24-68-37/h6-26,38-39H,1-5H3,(H,50,61)(H,51,53)(H,52,54)(H,57,58)(H,59,60). The molecule has 0 spiro atoms. The van der Waals surface area contributed by atoms with E-state index in [4.69, 9.17) is 23.7 Å². The van der Waals surface area contributed by atoms with Crippen LogP contribution < -0.4 is 34.9 Å². The molecule has 2 aromatic heterocycles. The summed E-state index contributed by atoms with van der Waals surface area (Å²) in [6, 6.07) is 27.1. The van der Waals surface area contributed by atoms with Gasteiger partial charge >= 0.3 is 30.0 Å². The molecule has 6 aromatic rings. The van der Waals surface area contributed by atoms with Crippen molar-refractivity contribution < 1.29 is 67.5 Å². The van der Waals surface area contributed by atoms with E-state index in [1.807, 2.05) is 0 Å². The summed E-state index contributed by atoms with van der Waals surface area (Å²) in [5, 5.41) is 34.5. The molecule has 5 N–H and O–H groups in total. The van der Waals surface area contributed by atoms with Gasteiger partial charge in [0, 0.05) is 16.8 Å². The Labute approximate surface area is 396 Å². The number of esters is 2. The Hall–Kier alpha value is -8.03. The maximum absolute atomic E-state index is 14.6. The molecule has 4 aromatic carbocycles. The van der Waals surface area contributed by atoms with Crippen molar-refractivity contribution in [1.29, 1.82) is 0 Å². The number of ether oxygens (including phenoxy) is 5. The quantitative estimate of drug-likeness (QED) is 0.0484. The zero-order valence-electron chi connectivity index (χ0n) is 36.9. The van der Waals surface area contributed by atoms with Crippen LogP contribution in [-0.4, -0.2) is 82.9 Å². The molecule has 0 aliphatic heterocycles. The number of rotatable bonds is 15. The van der Waals surface area contributed by atoms with Crippen LogP contribution in [0, 0.1) is 0 Å². The predicted molar refractivity (Wildman–Crippen MR) is 248 cm³/mol. The van der Waals surface area contributed by atoms with Crippen molar-refractivity contribution in [3.05, 3.63) is 158 Å². The van der Waals surface area contributed by atoms with Crippen LogP contribution in [-0.2, 0) is 14.3 Å². The number of benzene rings is 4. The van der Waals surface area contributed by atoms with Crippen LogP contribution in [0.25, 0.3) is 0 Å². The van der Waals surface area contributed by atoms with Gasteiger partial charge in [-0.15, -0.1) is 22.7 Å². The van der Waals surface area contributed by atoms with E-state index in [0.29, 0.717) is 0 Å². The molecule has 68 heavy (non-hydrogen) atoms. The summed E-state index contributed by atoms with van der Waals surface area (Å²) in [7, 11) is 2.50. The number of carbonyl (C=O) groups excluding carboxylic acids is 5. The lowest BCUT2D eigenvalue weighted by Crippen LogP contribution is -2.86. The molecule has 19 heteroatoms. The first kappa shape index (κ1) is 47.9. The molecule has 0 saturated heterocycles. The van der Waals surface area contributed by atoms with Crippen LogP contribution in [0.3, 0.4) is 0 Å². The molecule has 1 saturated carbocycles. The molecule has 2 heterocycles. The minimum atomic E-state index is -2.67. The minimum absolute atomic E-state index is 0.0180. The molecule has 7 rings (SSSR count). The first-order valence-corrected chi connectivity index (χ1v) is 22.3.